The highest BCUT2D eigenvalue weighted by Gasteiger charge is 2.33. The maximum Gasteiger partial charge on any atom is 0.410 e. The van der Waals surface area contributed by atoms with E-state index in [4.69, 9.17) is 4.74 Å². The molecule has 1 N–H and O–H groups in total. The van der Waals surface area contributed by atoms with Gasteiger partial charge in [0, 0.05) is 23.2 Å². The van der Waals surface area contributed by atoms with Crippen LogP contribution < -0.4 is 5.32 Å². The van der Waals surface area contributed by atoms with Crippen LogP contribution >= 0.6 is 15.9 Å². The zero-order valence-corrected chi connectivity index (χ0v) is 14.6. The standard InChI is InChI=1S/C16H21BrN2O3/c1-16(2,3)22-15(21)19-8-7-11(10-19)14(20)18-13-6-4-5-12(17)9-13/h4-6,9,11H,7-8,10H2,1-3H3,(H,18,20). The number of halogens is 1. The van der Waals surface area contributed by atoms with Crippen molar-refractivity contribution in [3.8, 4) is 0 Å². The minimum atomic E-state index is -0.520. The SMILES string of the molecule is CC(C)(C)OC(=O)N1CCC(C(=O)Nc2cccc(Br)c2)C1. The van der Waals surface area contributed by atoms with Crippen LogP contribution in [0.1, 0.15) is 27.2 Å². The fourth-order valence-corrected chi connectivity index (χ4v) is 2.68. The molecule has 0 aromatic heterocycles. The second kappa shape index (κ2) is 6.69. The van der Waals surface area contributed by atoms with Gasteiger partial charge in [0.25, 0.3) is 0 Å². The van der Waals surface area contributed by atoms with Gasteiger partial charge in [-0.1, -0.05) is 22.0 Å². The van der Waals surface area contributed by atoms with Gasteiger partial charge >= 0.3 is 6.09 Å². The molecule has 0 saturated carbocycles. The molecule has 1 heterocycles. The third kappa shape index (κ3) is 4.73. The van der Waals surface area contributed by atoms with E-state index >= 15 is 0 Å². The van der Waals surface area contributed by atoms with E-state index in [-0.39, 0.29) is 17.9 Å². The Morgan fingerprint density at radius 1 is 1.36 bits per heavy atom. The molecule has 1 fully saturated rings. The third-order valence-electron chi connectivity index (χ3n) is 3.30. The summed E-state index contributed by atoms with van der Waals surface area (Å²) in [5.74, 6) is -0.268. The minimum absolute atomic E-state index is 0.0656. The molecular formula is C16H21BrN2O3. The fraction of sp³-hybridized carbons (Fsp3) is 0.500. The van der Waals surface area contributed by atoms with E-state index in [0.717, 1.165) is 10.2 Å². The van der Waals surface area contributed by atoms with Gasteiger partial charge in [-0.15, -0.1) is 0 Å². The van der Waals surface area contributed by atoms with Crippen molar-refractivity contribution in [3.05, 3.63) is 28.7 Å². The van der Waals surface area contributed by atoms with Gasteiger partial charge in [0.2, 0.25) is 5.91 Å². The van der Waals surface area contributed by atoms with Crippen molar-refractivity contribution in [1.29, 1.82) is 0 Å². The van der Waals surface area contributed by atoms with Crippen molar-refractivity contribution in [3.63, 3.8) is 0 Å². The molecule has 0 bridgehead atoms. The lowest BCUT2D eigenvalue weighted by Gasteiger charge is -2.24. The van der Waals surface area contributed by atoms with Crippen LogP contribution in [0.15, 0.2) is 28.7 Å². The number of ether oxygens (including phenoxy) is 1. The Kier molecular flexibility index (Phi) is 5.11. The molecule has 1 aromatic rings. The molecule has 1 aliphatic heterocycles. The second-order valence-corrected chi connectivity index (χ2v) is 7.33. The van der Waals surface area contributed by atoms with E-state index in [1.54, 1.807) is 4.90 Å². The molecule has 1 unspecified atom stereocenters. The van der Waals surface area contributed by atoms with E-state index in [1.165, 1.54) is 0 Å². The quantitative estimate of drug-likeness (QED) is 0.866. The summed E-state index contributed by atoms with van der Waals surface area (Å²) in [7, 11) is 0. The average Bonchev–Trinajstić information content (AvgIpc) is 2.86. The molecule has 0 spiro atoms. The van der Waals surface area contributed by atoms with Crippen LogP contribution in [-0.2, 0) is 9.53 Å². The van der Waals surface area contributed by atoms with Crippen molar-refractivity contribution < 1.29 is 14.3 Å². The van der Waals surface area contributed by atoms with Gasteiger partial charge in [-0.25, -0.2) is 4.79 Å². The topological polar surface area (TPSA) is 58.6 Å². The zero-order valence-electron chi connectivity index (χ0n) is 13.1. The average molecular weight is 369 g/mol. The van der Waals surface area contributed by atoms with Gasteiger partial charge in [0.05, 0.1) is 5.92 Å². The van der Waals surface area contributed by atoms with Gasteiger partial charge < -0.3 is 15.0 Å². The Hall–Kier alpha value is -1.56. The molecule has 1 atom stereocenters. The lowest BCUT2D eigenvalue weighted by atomic mass is 10.1. The number of likely N-dealkylation sites (tertiary alicyclic amines) is 1. The van der Waals surface area contributed by atoms with Crippen molar-refractivity contribution in [2.45, 2.75) is 32.8 Å². The lowest BCUT2D eigenvalue weighted by Crippen LogP contribution is -2.36. The van der Waals surface area contributed by atoms with Gasteiger partial charge in [-0.2, -0.15) is 0 Å². The number of amides is 2. The molecule has 22 heavy (non-hydrogen) atoms. The van der Waals surface area contributed by atoms with E-state index in [9.17, 15) is 9.59 Å². The van der Waals surface area contributed by atoms with Crippen molar-refractivity contribution in [2.75, 3.05) is 18.4 Å². The summed E-state index contributed by atoms with van der Waals surface area (Å²) >= 11 is 3.37. The number of benzene rings is 1. The number of carbonyl (C=O) groups excluding carboxylic acids is 2. The van der Waals surface area contributed by atoms with Crippen molar-refractivity contribution in [1.82, 2.24) is 4.90 Å². The molecule has 1 aliphatic rings. The van der Waals surface area contributed by atoms with Crippen LogP contribution in [0.3, 0.4) is 0 Å². The molecule has 2 amide bonds. The first-order valence-corrected chi connectivity index (χ1v) is 8.08. The number of hydrogen-bond acceptors (Lipinski definition) is 3. The monoisotopic (exact) mass is 368 g/mol. The predicted octanol–water partition coefficient (Wildman–Crippen LogP) is 3.64. The van der Waals surface area contributed by atoms with E-state index in [0.29, 0.717) is 19.5 Å². The Morgan fingerprint density at radius 2 is 2.09 bits per heavy atom. The second-order valence-electron chi connectivity index (χ2n) is 6.41. The first-order chi connectivity index (χ1) is 10.2. The normalized spacial score (nSPS) is 18.2. The first kappa shape index (κ1) is 16.8. The number of carbonyl (C=O) groups is 2. The van der Waals surface area contributed by atoms with Crippen LogP contribution in [0.5, 0.6) is 0 Å². The summed E-state index contributed by atoms with van der Waals surface area (Å²) < 4.78 is 6.24. The van der Waals surface area contributed by atoms with Crippen LogP contribution in [-0.4, -0.2) is 35.6 Å². The molecule has 120 valence electrons. The molecule has 1 saturated heterocycles. The summed E-state index contributed by atoms with van der Waals surface area (Å²) in [6, 6.07) is 7.44. The summed E-state index contributed by atoms with van der Waals surface area (Å²) in [5, 5.41) is 2.88. The van der Waals surface area contributed by atoms with Crippen molar-refractivity contribution in [2.24, 2.45) is 5.92 Å². The smallest absolute Gasteiger partial charge is 0.410 e. The van der Waals surface area contributed by atoms with Crippen LogP contribution in [0, 0.1) is 5.92 Å². The Morgan fingerprint density at radius 3 is 2.73 bits per heavy atom. The minimum Gasteiger partial charge on any atom is -0.444 e. The highest BCUT2D eigenvalue weighted by molar-refractivity contribution is 9.10. The van der Waals surface area contributed by atoms with Crippen LogP contribution in [0.4, 0.5) is 10.5 Å². The van der Waals surface area contributed by atoms with Gasteiger partial charge in [0.1, 0.15) is 5.60 Å². The molecule has 5 nitrogen and oxygen atoms in total. The highest BCUT2D eigenvalue weighted by Crippen LogP contribution is 2.22. The van der Waals surface area contributed by atoms with Crippen molar-refractivity contribution >= 4 is 33.6 Å². The van der Waals surface area contributed by atoms with Gasteiger partial charge in [-0.05, 0) is 45.4 Å². The zero-order chi connectivity index (χ0) is 16.3. The largest absolute Gasteiger partial charge is 0.444 e. The number of nitrogens with zero attached hydrogens (tertiary/aromatic N) is 1. The van der Waals surface area contributed by atoms with E-state index < -0.39 is 5.60 Å². The first-order valence-electron chi connectivity index (χ1n) is 7.29. The summed E-state index contributed by atoms with van der Waals surface area (Å²) in [5.41, 5.74) is 0.225. The molecule has 0 radical (unpaired) electrons. The van der Waals surface area contributed by atoms with Gasteiger partial charge in [-0.3, -0.25) is 4.79 Å². The molecule has 6 heteroatoms. The fourth-order valence-electron chi connectivity index (χ4n) is 2.28. The predicted molar refractivity (Wildman–Crippen MR) is 88.7 cm³/mol. The number of nitrogens with one attached hydrogen (secondary N) is 1. The molecular weight excluding hydrogens is 348 g/mol. The Balaban J connectivity index is 1.90. The molecule has 2 rings (SSSR count). The Labute approximate surface area is 139 Å². The highest BCUT2D eigenvalue weighted by atomic mass is 79.9. The molecule has 0 aliphatic carbocycles. The van der Waals surface area contributed by atoms with E-state index in [2.05, 4.69) is 21.2 Å². The third-order valence-corrected chi connectivity index (χ3v) is 3.80. The number of anilines is 1. The number of hydrogen-bond donors (Lipinski definition) is 1. The Bertz CT molecular complexity index is 569. The maximum absolute atomic E-state index is 12.3. The van der Waals surface area contributed by atoms with Gasteiger partial charge in [0.15, 0.2) is 0 Å². The summed E-state index contributed by atoms with van der Waals surface area (Å²) in [4.78, 5) is 25.9. The maximum atomic E-state index is 12.3. The molecule has 1 aromatic carbocycles. The summed E-state index contributed by atoms with van der Waals surface area (Å²) in [6.45, 7) is 6.44. The van der Waals surface area contributed by atoms with Crippen LogP contribution in [0.2, 0.25) is 0 Å². The lowest BCUT2D eigenvalue weighted by molar-refractivity contribution is -0.119. The number of rotatable bonds is 2. The van der Waals surface area contributed by atoms with E-state index in [1.807, 2.05) is 45.0 Å². The summed E-state index contributed by atoms with van der Waals surface area (Å²) in [6.07, 6.45) is 0.296. The van der Waals surface area contributed by atoms with Crippen LogP contribution in [0.25, 0.3) is 0 Å².